The average Bonchev–Trinajstić information content (AvgIpc) is 3.08. The van der Waals surface area contributed by atoms with Gasteiger partial charge in [-0.1, -0.05) is 54.6 Å². The summed E-state index contributed by atoms with van der Waals surface area (Å²) in [5.74, 6) is 1.97. The molecule has 36 heavy (non-hydrogen) atoms. The number of aromatic nitrogens is 1. The van der Waals surface area contributed by atoms with Gasteiger partial charge in [-0.05, 0) is 60.7 Å². The summed E-state index contributed by atoms with van der Waals surface area (Å²) in [6.07, 6.45) is 8.71. The summed E-state index contributed by atoms with van der Waals surface area (Å²) in [7, 11) is 0. The van der Waals surface area contributed by atoms with Crippen molar-refractivity contribution in [3.63, 3.8) is 0 Å². The summed E-state index contributed by atoms with van der Waals surface area (Å²) in [4.78, 5) is 2.61. The van der Waals surface area contributed by atoms with Crippen molar-refractivity contribution in [1.82, 2.24) is 9.47 Å². The van der Waals surface area contributed by atoms with Crippen LogP contribution >= 0.6 is 0 Å². The number of fused-ring (bicyclic) bond motifs is 5. The SMILES string of the molecule is C1=Cc2c(ccc3c2c2c(n3CCCCOc3ccccc3)CCN(Cc3ccccc3)CC2)OC1. The van der Waals surface area contributed by atoms with Crippen molar-refractivity contribution in [2.45, 2.75) is 38.8 Å². The highest BCUT2D eigenvalue weighted by molar-refractivity contribution is 5.96. The normalized spacial score (nSPS) is 15.2. The van der Waals surface area contributed by atoms with Gasteiger partial charge in [-0.2, -0.15) is 0 Å². The van der Waals surface area contributed by atoms with E-state index < -0.39 is 0 Å². The van der Waals surface area contributed by atoms with E-state index in [4.69, 9.17) is 9.47 Å². The van der Waals surface area contributed by atoms with Gasteiger partial charge in [-0.3, -0.25) is 4.90 Å². The molecule has 0 atom stereocenters. The predicted molar refractivity (Wildman–Crippen MR) is 147 cm³/mol. The smallest absolute Gasteiger partial charge is 0.127 e. The Morgan fingerprint density at radius 1 is 0.833 bits per heavy atom. The van der Waals surface area contributed by atoms with Gasteiger partial charge in [-0.25, -0.2) is 0 Å². The maximum atomic E-state index is 6.00. The first-order valence-corrected chi connectivity index (χ1v) is 13.3. The minimum atomic E-state index is 0.660. The Bertz CT molecular complexity index is 1340. The molecule has 0 unspecified atom stereocenters. The zero-order chi connectivity index (χ0) is 24.2. The fraction of sp³-hybridized carbons (Fsp3) is 0.312. The van der Waals surface area contributed by atoms with Gasteiger partial charge in [0.15, 0.2) is 0 Å². The highest BCUT2D eigenvalue weighted by Crippen LogP contribution is 2.38. The molecule has 6 rings (SSSR count). The fourth-order valence-electron chi connectivity index (χ4n) is 5.71. The first-order valence-electron chi connectivity index (χ1n) is 13.3. The summed E-state index contributed by atoms with van der Waals surface area (Å²) in [5.41, 5.74) is 7.04. The Morgan fingerprint density at radius 3 is 2.50 bits per heavy atom. The van der Waals surface area contributed by atoms with Gasteiger partial charge in [-0.15, -0.1) is 0 Å². The molecular weight excluding hydrogens is 444 g/mol. The van der Waals surface area contributed by atoms with Crippen molar-refractivity contribution >= 4 is 17.0 Å². The van der Waals surface area contributed by atoms with Gasteiger partial charge < -0.3 is 14.0 Å². The molecule has 0 N–H and O–H groups in total. The van der Waals surface area contributed by atoms with Gasteiger partial charge in [0.25, 0.3) is 0 Å². The molecule has 4 heteroatoms. The third-order valence-electron chi connectivity index (χ3n) is 7.45. The number of rotatable bonds is 8. The van der Waals surface area contributed by atoms with Crippen LogP contribution in [0, 0.1) is 0 Å². The van der Waals surface area contributed by atoms with Crippen LogP contribution in [0.4, 0.5) is 0 Å². The number of para-hydroxylation sites is 1. The van der Waals surface area contributed by atoms with Crippen molar-refractivity contribution in [3.05, 3.63) is 101 Å². The van der Waals surface area contributed by atoms with Crippen molar-refractivity contribution in [2.24, 2.45) is 0 Å². The van der Waals surface area contributed by atoms with Crippen molar-refractivity contribution in [1.29, 1.82) is 0 Å². The number of nitrogens with zero attached hydrogens (tertiary/aromatic N) is 2. The molecule has 2 aliphatic heterocycles. The van der Waals surface area contributed by atoms with Crippen molar-refractivity contribution in [3.8, 4) is 11.5 Å². The minimum Gasteiger partial charge on any atom is -0.494 e. The second-order valence-corrected chi connectivity index (χ2v) is 9.79. The van der Waals surface area contributed by atoms with Crippen LogP contribution in [0.1, 0.15) is 35.2 Å². The monoisotopic (exact) mass is 478 g/mol. The van der Waals surface area contributed by atoms with E-state index in [0.717, 1.165) is 70.0 Å². The highest BCUT2D eigenvalue weighted by atomic mass is 16.5. The Hall–Kier alpha value is -3.50. The molecule has 0 aliphatic carbocycles. The zero-order valence-corrected chi connectivity index (χ0v) is 20.9. The van der Waals surface area contributed by atoms with Crippen LogP contribution < -0.4 is 9.47 Å². The lowest BCUT2D eigenvalue weighted by Gasteiger charge is -2.20. The van der Waals surface area contributed by atoms with Crippen LogP contribution in [0.2, 0.25) is 0 Å². The fourth-order valence-corrected chi connectivity index (χ4v) is 5.71. The molecule has 0 saturated carbocycles. The summed E-state index contributed by atoms with van der Waals surface area (Å²) < 4.78 is 14.5. The maximum absolute atomic E-state index is 6.00. The molecule has 0 amide bonds. The number of ether oxygens (including phenoxy) is 2. The van der Waals surface area contributed by atoms with Gasteiger partial charge in [0.05, 0.1) is 6.61 Å². The third-order valence-corrected chi connectivity index (χ3v) is 7.45. The molecule has 3 heterocycles. The lowest BCUT2D eigenvalue weighted by Crippen LogP contribution is -2.26. The summed E-state index contributed by atoms with van der Waals surface area (Å²) in [6.45, 7) is 5.62. The Balaban J connectivity index is 1.24. The maximum Gasteiger partial charge on any atom is 0.127 e. The first kappa shape index (κ1) is 22.9. The molecule has 0 spiro atoms. The molecule has 0 fully saturated rings. The van der Waals surface area contributed by atoms with Crippen LogP contribution in [0.3, 0.4) is 0 Å². The summed E-state index contributed by atoms with van der Waals surface area (Å²) >= 11 is 0. The zero-order valence-electron chi connectivity index (χ0n) is 20.9. The summed E-state index contributed by atoms with van der Waals surface area (Å²) in [5, 5.41) is 1.40. The van der Waals surface area contributed by atoms with Crippen LogP contribution in [0.15, 0.2) is 78.9 Å². The number of hydrogen-bond donors (Lipinski definition) is 0. The van der Waals surface area contributed by atoms with Crippen molar-refractivity contribution < 1.29 is 9.47 Å². The minimum absolute atomic E-state index is 0.660. The van der Waals surface area contributed by atoms with Crippen molar-refractivity contribution in [2.75, 3.05) is 26.3 Å². The topological polar surface area (TPSA) is 26.6 Å². The van der Waals surface area contributed by atoms with Gasteiger partial charge in [0, 0.05) is 54.8 Å². The molecule has 0 saturated heterocycles. The van der Waals surface area contributed by atoms with E-state index in [9.17, 15) is 0 Å². The molecular formula is C32H34N2O2. The molecule has 4 aromatic rings. The molecule has 3 aromatic carbocycles. The van der Waals surface area contributed by atoms with Crippen LogP contribution in [0.25, 0.3) is 17.0 Å². The van der Waals surface area contributed by atoms with Gasteiger partial charge >= 0.3 is 0 Å². The quantitative estimate of drug-likeness (QED) is 0.270. The van der Waals surface area contributed by atoms with Crippen LogP contribution in [0.5, 0.6) is 11.5 Å². The van der Waals surface area contributed by atoms with Gasteiger partial charge in [0.2, 0.25) is 0 Å². The number of benzene rings is 3. The molecule has 1 aromatic heterocycles. The number of aryl methyl sites for hydroxylation is 1. The molecule has 0 radical (unpaired) electrons. The summed E-state index contributed by atoms with van der Waals surface area (Å²) in [6, 6.07) is 25.4. The number of hydrogen-bond acceptors (Lipinski definition) is 3. The lowest BCUT2D eigenvalue weighted by atomic mass is 10.00. The Kier molecular flexibility index (Phi) is 6.77. The van der Waals surface area contributed by atoms with E-state index in [1.165, 1.54) is 33.3 Å². The number of unbranched alkanes of at least 4 members (excludes halogenated alkanes) is 1. The largest absolute Gasteiger partial charge is 0.494 e. The second kappa shape index (κ2) is 10.6. The third kappa shape index (κ3) is 4.78. The van der Waals surface area contributed by atoms with Crippen LogP contribution in [-0.4, -0.2) is 35.8 Å². The van der Waals surface area contributed by atoms with E-state index in [2.05, 4.69) is 64.1 Å². The average molecular weight is 479 g/mol. The van der Waals surface area contributed by atoms with E-state index in [1.54, 1.807) is 0 Å². The highest BCUT2D eigenvalue weighted by Gasteiger charge is 2.25. The lowest BCUT2D eigenvalue weighted by molar-refractivity contribution is 0.278. The molecule has 184 valence electrons. The van der Waals surface area contributed by atoms with E-state index in [-0.39, 0.29) is 0 Å². The van der Waals surface area contributed by atoms with E-state index >= 15 is 0 Å². The molecule has 4 nitrogen and oxygen atoms in total. The Morgan fingerprint density at radius 2 is 1.64 bits per heavy atom. The first-order chi connectivity index (χ1) is 17.9. The van der Waals surface area contributed by atoms with Crippen LogP contribution in [-0.2, 0) is 25.9 Å². The predicted octanol–water partition coefficient (Wildman–Crippen LogP) is 6.51. The molecule has 0 bridgehead atoms. The van der Waals surface area contributed by atoms with E-state index in [1.807, 2.05) is 30.3 Å². The standard InChI is InChI=1S/C32H34N2O2/c1-3-10-25(11-4-1)24-33-20-17-27-29(18-21-33)34(19-7-8-22-35-26-12-5-2-6-13-26)30-15-16-31-28(32(27)30)14-9-23-36-31/h1-6,9-16H,7-8,17-24H2. The Labute approximate surface area is 213 Å². The van der Waals surface area contributed by atoms with Gasteiger partial charge in [0.1, 0.15) is 18.1 Å². The molecule has 2 aliphatic rings. The second-order valence-electron chi connectivity index (χ2n) is 9.79. The van der Waals surface area contributed by atoms with E-state index in [0.29, 0.717) is 6.61 Å².